The summed E-state index contributed by atoms with van der Waals surface area (Å²) in [6.45, 7) is 0.135. The predicted molar refractivity (Wildman–Crippen MR) is 129 cm³/mol. The summed E-state index contributed by atoms with van der Waals surface area (Å²) in [6.07, 6.45) is 0. The van der Waals surface area contributed by atoms with E-state index in [0.29, 0.717) is 32.5 Å². The molecule has 4 aromatic rings. The maximum atomic E-state index is 12.6. The molecule has 0 saturated heterocycles. The number of aromatic nitrogens is 3. The van der Waals surface area contributed by atoms with Gasteiger partial charge in [-0.05, 0) is 45.8 Å². The molecule has 1 heterocycles. The van der Waals surface area contributed by atoms with Gasteiger partial charge in [0, 0.05) is 28.0 Å². The molecule has 0 radical (unpaired) electrons. The molecule has 4 rings (SSSR count). The Hall–Kier alpha value is -3.50. The van der Waals surface area contributed by atoms with Crippen LogP contribution in [0.2, 0.25) is 0 Å². The molecule has 0 unspecified atom stereocenters. The van der Waals surface area contributed by atoms with Crippen molar-refractivity contribution < 1.29 is 9.72 Å². The fourth-order valence-electron chi connectivity index (χ4n) is 3.11. The first kappa shape index (κ1) is 22.7. The van der Waals surface area contributed by atoms with Crippen molar-refractivity contribution in [2.75, 3.05) is 0 Å². The summed E-state index contributed by atoms with van der Waals surface area (Å²) < 4.78 is 2.50. The number of hydrogen-bond donors (Lipinski definition) is 1. The van der Waals surface area contributed by atoms with E-state index < -0.39 is 4.92 Å². The fourth-order valence-corrected chi connectivity index (χ4v) is 4.50. The zero-order valence-corrected chi connectivity index (χ0v) is 19.6. The van der Waals surface area contributed by atoms with E-state index >= 15 is 0 Å². The molecule has 33 heavy (non-hydrogen) atoms. The van der Waals surface area contributed by atoms with Crippen molar-refractivity contribution in [3.63, 3.8) is 0 Å². The SMILES string of the molecule is O=C(NCc1nnc(SCc2ccccc2)n1-c1ccc([N+](=O)[O-])cc1)c1ccccc1Br. The molecule has 0 aliphatic carbocycles. The van der Waals surface area contributed by atoms with Crippen LogP contribution in [0.15, 0.2) is 88.5 Å². The summed E-state index contributed by atoms with van der Waals surface area (Å²) in [4.78, 5) is 23.3. The van der Waals surface area contributed by atoms with Crippen LogP contribution in [0.1, 0.15) is 21.7 Å². The number of hydrogen-bond acceptors (Lipinski definition) is 6. The second-order valence-corrected chi connectivity index (χ2v) is 8.74. The number of benzene rings is 3. The highest BCUT2D eigenvalue weighted by Gasteiger charge is 2.17. The number of amides is 1. The molecular weight excluding hydrogens is 506 g/mol. The van der Waals surface area contributed by atoms with Crippen molar-refractivity contribution in [1.82, 2.24) is 20.1 Å². The third-order valence-corrected chi connectivity index (χ3v) is 6.45. The molecule has 0 fully saturated rings. The Bertz CT molecular complexity index is 1280. The summed E-state index contributed by atoms with van der Waals surface area (Å²) in [5, 5.41) is 23.1. The van der Waals surface area contributed by atoms with Crippen LogP contribution in [0.3, 0.4) is 0 Å². The molecule has 1 aromatic heterocycles. The molecule has 0 aliphatic rings. The Morgan fingerprint density at radius 1 is 1.00 bits per heavy atom. The van der Waals surface area contributed by atoms with Gasteiger partial charge in [-0.2, -0.15) is 0 Å². The number of carbonyl (C=O) groups excluding carboxylic acids is 1. The van der Waals surface area contributed by atoms with E-state index in [2.05, 4.69) is 31.4 Å². The minimum Gasteiger partial charge on any atom is -0.345 e. The molecule has 0 bridgehead atoms. The van der Waals surface area contributed by atoms with E-state index in [1.54, 1.807) is 34.9 Å². The van der Waals surface area contributed by atoms with Crippen LogP contribution in [0.4, 0.5) is 5.69 Å². The summed E-state index contributed by atoms with van der Waals surface area (Å²) >= 11 is 4.88. The number of carbonyl (C=O) groups is 1. The largest absolute Gasteiger partial charge is 0.345 e. The zero-order valence-electron chi connectivity index (χ0n) is 17.2. The van der Waals surface area contributed by atoms with Gasteiger partial charge in [0.25, 0.3) is 11.6 Å². The van der Waals surface area contributed by atoms with Crippen LogP contribution in [-0.2, 0) is 12.3 Å². The van der Waals surface area contributed by atoms with Crippen LogP contribution in [0, 0.1) is 10.1 Å². The molecular formula is C23H18BrN5O3S. The average Bonchev–Trinajstić information content (AvgIpc) is 3.25. The zero-order chi connectivity index (χ0) is 23.2. The fraction of sp³-hybridized carbons (Fsp3) is 0.0870. The van der Waals surface area contributed by atoms with Gasteiger partial charge in [-0.25, -0.2) is 0 Å². The van der Waals surface area contributed by atoms with Gasteiger partial charge in [0.1, 0.15) is 0 Å². The quantitative estimate of drug-likeness (QED) is 0.194. The minimum absolute atomic E-state index is 0.00547. The molecule has 0 saturated carbocycles. The Kier molecular flexibility index (Phi) is 7.16. The lowest BCUT2D eigenvalue weighted by Crippen LogP contribution is -2.25. The highest BCUT2D eigenvalue weighted by atomic mass is 79.9. The number of non-ortho nitro benzene ring substituents is 1. The Labute approximate surface area is 202 Å². The first-order valence-corrected chi connectivity index (χ1v) is 11.7. The molecule has 166 valence electrons. The Morgan fingerprint density at radius 3 is 2.39 bits per heavy atom. The number of rotatable bonds is 8. The molecule has 1 N–H and O–H groups in total. The third-order valence-electron chi connectivity index (χ3n) is 4.76. The number of nitrogens with one attached hydrogen (secondary N) is 1. The summed E-state index contributed by atoms with van der Waals surface area (Å²) in [7, 11) is 0. The number of nitro groups is 1. The number of thioether (sulfide) groups is 1. The standard InChI is InChI=1S/C23H18BrN5O3S/c24-20-9-5-4-8-19(20)22(30)25-14-21-26-27-23(33-15-16-6-2-1-3-7-16)28(21)17-10-12-18(13-11-17)29(31)32/h1-13H,14-15H2,(H,25,30). The van der Waals surface area contributed by atoms with Gasteiger partial charge < -0.3 is 5.32 Å². The van der Waals surface area contributed by atoms with E-state index in [9.17, 15) is 14.9 Å². The summed E-state index contributed by atoms with van der Waals surface area (Å²) in [6, 6.07) is 23.3. The van der Waals surface area contributed by atoms with Crippen molar-refractivity contribution >= 4 is 39.3 Å². The van der Waals surface area contributed by atoms with Crippen LogP contribution >= 0.6 is 27.7 Å². The lowest BCUT2D eigenvalue weighted by atomic mass is 10.2. The van der Waals surface area contributed by atoms with Crippen molar-refractivity contribution in [3.8, 4) is 5.69 Å². The van der Waals surface area contributed by atoms with E-state index in [1.807, 2.05) is 36.4 Å². The highest BCUT2D eigenvalue weighted by molar-refractivity contribution is 9.10. The topological polar surface area (TPSA) is 103 Å². The van der Waals surface area contributed by atoms with Gasteiger partial charge in [0.2, 0.25) is 0 Å². The molecule has 3 aromatic carbocycles. The van der Waals surface area contributed by atoms with Gasteiger partial charge in [-0.15, -0.1) is 10.2 Å². The lowest BCUT2D eigenvalue weighted by molar-refractivity contribution is -0.384. The van der Waals surface area contributed by atoms with Crippen molar-refractivity contribution in [2.45, 2.75) is 17.5 Å². The van der Waals surface area contributed by atoms with E-state index in [-0.39, 0.29) is 18.1 Å². The van der Waals surface area contributed by atoms with Gasteiger partial charge in [0.15, 0.2) is 11.0 Å². The number of nitro benzene ring substituents is 1. The third kappa shape index (κ3) is 5.47. The summed E-state index contributed by atoms with van der Waals surface area (Å²) in [5.41, 5.74) is 2.31. The Balaban J connectivity index is 1.60. The van der Waals surface area contributed by atoms with Crippen molar-refractivity contribution in [2.24, 2.45) is 0 Å². The lowest BCUT2D eigenvalue weighted by Gasteiger charge is -2.11. The van der Waals surface area contributed by atoms with Gasteiger partial charge in [-0.3, -0.25) is 19.5 Å². The minimum atomic E-state index is -0.445. The normalized spacial score (nSPS) is 10.7. The Morgan fingerprint density at radius 2 is 1.70 bits per heavy atom. The average molecular weight is 524 g/mol. The second kappa shape index (κ2) is 10.4. The highest BCUT2D eigenvalue weighted by Crippen LogP contribution is 2.26. The van der Waals surface area contributed by atoms with Gasteiger partial charge >= 0.3 is 0 Å². The maximum absolute atomic E-state index is 12.6. The molecule has 0 aliphatic heterocycles. The van der Waals surface area contributed by atoms with Crippen molar-refractivity contribution in [1.29, 1.82) is 0 Å². The number of halogens is 1. The van der Waals surface area contributed by atoms with Gasteiger partial charge in [-0.1, -0.05) is 54.2 Å². The first-order valence-electron chi connectivity index (χ1n) is 9.91. The van der Waals surface area contributed by atoms with Crippen molar-refractivity contribution in [3.05, 3.63) is 110 Å². The number of nitrogens with zero attached hydrogens (tertiary/aromatic N) is 4. The molecule has 8 nitrogen and oxygen atoms in total. The van der Waals surface area contributed by atoms with Crippen LogP contribution in [0.5, 0.6) is 0 Å². The maximum Gasteiger partial charge on any atom is 0.269 e. The smallest absolute Gasteiger partial charge is 0.269 e. The second-order valence-electron chi connectivity index (χ2n) is 6.94. The summed E-state index contributed by atoms with van der Waals surface area (Å²) in [5.74, 6) is 0.939. The first-order chi connectivity index (χ1) is 16.0. The van der Waals surface area contributed by atoms with E-state index in [0.717, 1.165) is 5.56 Å². The van der Waals surface area contributed by atoms with Crippen LogP contribution in [-0.4, -0.2) is 25.6 Å². The molecule has 1 amide bonds. The van der Waals surface area contributed by atoms with Crippen LogP contribution in [0.25, 0.3) is 5.69 Å². The monoisotopic (exact) mass is 523 g/mol. The van der Waals surface area contributed by atoms with E-state index in [4.69, 9.17) is 0 Å². The van der Waals surface area contributed by atoms with Gasteiger partial charge in [0.05, 0.1) is 17.0 Å². The molecule has 0 spiro atoms. The van der Waals surface area contributed by atoms with E-state index in [1.165, 1.54) is 23.9 Å². The van der Waals surface area contributed by atoms with Crippen LogP contribution < -0.4 is 5.32 Å². The molecule has 0 atom stereocenters. The molecule has 10 heteroatoms. The predicted octanol–water partition coefficient (Wildman–Crippen LogP) is 5.16.